The van der Waals surface area contributed by atoms with Crippen molar-refractivity contribution in [3.63, 3.8) is 0 Å². The highest BCUT2D eigenvalue weighted by molar-refractivity contribution is 5.31. The van der Waals surface area contributed by atoms with Crippen LogP contribution in [0.5, 0.6) is 0 Å². The van der Waals surface area contributed by atoms with Crippen LogP contribution in [0, 0.1) is 5.92 Å². The summed E-state index contributed by atoms with van der Waals surface area (Å²) in [6, 6.07) is 8.72. The van der Waals surface area contributed by atoms with Crippen molar-refractivity contribution < 1.29 is 4.74 Å². The van der Waals surface area contributed by atoms with E-state index in [2.05, 4.69) is 41.5 Å². The highest BCUT2D eigenvalue weighted by Gasteiger charge is 2.20. The number of nitrogens with one attached hydrogen (secondary N) is 1. The fourth-order valence-electron chi connectivity index (χ4n) is 3.54. The molecule has 0 aliphatic carbocycles. The monoisotopic (exact) mass is 288 g/mol. The van der Waals surface area contributed by atoms with Crippen LogP contribution in [0.4, 0.5) is 0 Å². The van der Waals surface area contributed by atoms with Crippen molar-refractivity contribution in [2.75, 3.05) is 39.8 Å². The number of rotatable bonds is 5. The Bertz CT molecular complexity index is 441. The molecule has 1 aromatic rings. The van der Waals surface area contributed by atoms with Crippen LogP contribution in [0.15, 0.2) is 24.3 Å². The maximum absolute atomic E-state index is 5.94. The third-order valence-electron chi connectivity index (χ3n) is 4.99. The summed E-state index contributed by atoms with van der Waals surface area (Å²) in [5, 5.41) is 3.62. The quantitative estimate of drug-likeness (QED) is 0.843. The molecule has 0 amide bonds. The first-order valence-corrected chi connectivity index (χ1v) is 8.41. The number of benzene rings is 1. The Morgan fingerprint density at radius 1 is 1.24 bits per heavy atom. The SMILES string of the molecule is CN1CCC(CCNCC2OCCc3ccccc32)CC1. The van der Waals surface area contributed by atoms with Gasteiger partial charge < -0.3 is 15.0 Å². The molecule has 2 aliphatic rings. The summed E-state index contributed by atoms with van der Waals surface area (Å²) in [6.45, 7) is 5.46. The number of hydrogen-bond donors (Lipinski definition) is 1. The molecule has 0 spiro atoms. The molecule has 1 unspecified atom stereocenters. The van der Waals surface area contributed by atoms with Crippen LogP contribution in [0.3, 0.4) is 0 Å². The third kappa shape index (κ3) is 4.06. The molecule has 0 aromatic heterocycles. The molecule has 3 nitrogen and oxygen atoms in total. The topological polar surface area (TPSA) is 24.5 Å². The fourth-order valence-corrected chi connectivity index (χ4v) is 3.54. The van der Waals surface area contributed by atoms with E-state index in [-0.39, 0.29) is 6.10 Å². The van der Waals surface area contributed by atoms with Crippen molar-refractivity contribution >= 4 is 0 Å². The van der Waals surface area contributed by atoms with Crippen LogP contribution in [-0.2, 0) is 11.2 Å². The highest BCUT2D eigenvalue weighted by Crippen LogP contribution is 2.26. The normalized spacial score (nSPS) is 24.0. The first-order chi connectivity index (χ1) is 10.3. The minimum absolute atomic E-state index is 0.243. The molecule has 0 radical (unpaired) electrons. The fraction of sp³-hybridized carbons (Fsp3) is 0.667. The van der Waals surface area contributed by atoms with E-state index in [0.29, 0.717) is 0 Å². The number of hydrogen-bond acceptors (Lipinski definition) is 3. The molecule has 2 heterocycles. The molecule has 1 aromatic carbocycles. The number of nitrogens with zero attached hydrogens (tertiary/aromatic N) is 1. The average molecular weight is 288 g/mol. The second-order valence-electron chi connectivity index (χ2n) is 6.55. The van der Waals surface area contributed by atoms with Crippen LogP contribution in [0.1, 0.15) is 36.5 Å². The van der Waals surface area contributed by atoms with E-state index in [4.69, 9.17) is 4.74 Å². The van der Waals surface area contributed by atoms with E-state index in [1.54, 1.807) is 0 Å². The minimum atomic E-state index is 0.243. The predicted molar refractivity (Wildman–Crippen MR) is 86.5 cm³/mol. The second kappa shape index (κ2) is 7.39. The lowest BCUT2D eigenvalue weighted by Crippen LogP contribution is -2.33. The van der Waals surface area contributed by atoms with Gasteiger partial charge in [0.05, 0.1) is 12.7 Å². The lowest BCUT2D eigenvalue weighted by molar-refractivity contribution is 0.0423. The summed E-state index contributed by atoms with van der Waals surface area (Å²) in [6.07, 6.45) is 5.33. The molecule has 3 heteroatoms. The number of likely N-dealkylation sites (tertiary alicyclic amines) is 1. The summed E-state index contributed by atoms with van der Waals surface area (Å²) in [5.41, 5.74) is 2.85. The molecule has 0 bridgehead atoms. The van der Waals surface area contributed by atoms with E-state index in [0.717, 1.165) is 32.0 Å². The lowest BCUT2D eigenvalue weighted by Gasteiger charge is -2.29. The molecule has 3 rings (SSSR count). The number of fused-ring (bicyclic) bond motifs is 1. The van der Waals surface area contributed by atoms with Gasteiger partial charge in [0, 0.05) is 6.54 Å². The molecule has 21 heavy (non-hydrogen) atoms. The van der Waals surface area contributed by atoms with Crippen molar-refractivity contribution in [3.05, 3.63) is 35.4 Å². The van der Waals surface area contributed by atoms with E-state index in [1.807, 2.05) is 0 Å². The molecule has 1 saturated heterocycles. The zero-order valence-corrected chi connectivity index (χ0v) is 13.2. The van der Waals surface area contributed by atoms with Gasteiger partial charge in [0.15, 0.2) is 0 Å². The van der Waals surface area contributed by atoms with E-state index < -0.39 is 0 Å². The van der Waals surface area contributed by atoms with Crippen molar-refractivity contribution in [3.8, 4) is 0 Å². The molecule has 116 valence electrons. The summed E-state index contributed by atoms with van der Waals surface area (Å²) in [7, 11) is 2.23. The lowest BCUT2D eigenvalue weighted by atomic mass is 9.93. The van der Waals surface area contributed by atoms with Crippen LogP contribution in [-0.4, -0.2) is 44.7 Å². The van der Waals surface area contributed by atoms with Gasteiger partial charge in [0.25, 0.3) is 0 Å². The van der Waals surface area contributed by atoms with Gasteiger partial charge in [0.1, 0.15) is 0 Å². The Morgan fingerprint density at radius 2 is 2.05 bits per heavy atom. The van der Waals surface area contributed by atoms with Gasteiger partial charge in [-0.15, -0.1) is 0 Å². The Labute approximate surface area is 128 Å². The Balaban J connectivity index is 1.40. The first kappa shape index (κ1) is 15.0. The third-order valence-corrected chi connectivity index (χ3v) is 4.99. The van der Waals surface area contributed by atoms with Crippen molar-refractivity contribution in [1.29, 1.82) is 0 Å². The molecular weight excluding hydrogens is 260 g/mol. The van der Waals surface area contributed by atoms with Crippen LogP contribution in [0.25, 0.3) is 0 Å². The largest absolute Gasteiger partial charge is 0.372 e. The van der Waals surface area contributed by atoms with Gasteiger partial charge in [-0.25, -0.2) is 0 Å². The Hall–Kier alpha value is -0.900. The number of piperidine rings is 1. The number of ether oxygens (including phenoxy) is 1. The molecular formula is C18H28N2O. The van der Waals surface area contributed by atoms with Gasteiger partial charge >= 0.3 is 0 Å². The summed E-state index contributed by atoms with van der Waals surface area (Å²) >= 11 is 0. The van der Waals surface area contributed by atoms with Gasteiger partial charge in [0.2, 0.25) is 0 Å². The van der Waals surface area contributed by atoms with Crippen LogP contribution >= 0.6 is 0 Å². The van der Waals surface area contributed by atoms with Gasteiger partial charge in [-0.2, -0.15) is 0 Å². The van der Waals surface area contributed by atoms with Crippen molar-refractivity contribution in [2.24, 2.45) is 5.92 Å². The molecule has 1 fully saturated rings. The summed E-state index contributed by atoms with van der Waals surface area (Å²) < 4.78 is 5.94. The first-order valence-electron chi connectivity index (χ1n) is 8.41. The van der Waals surface area contributed by atoms with Gasteiger partial charge in [-0.05, 0) is 69.4 Å². The zero-order chi connectivity index (χ0) is 14.5. The maximum atomic E-state index is 5.94. The Kier molecular flexibility index (Phi) is 5.28. The Morgan fingerprint density at radius 3 is 2.90 bits per heavy atom. The average Bonchev–Trinajstić information content (AvgIpc) is 2.53. The zero-order valence-electron chi connectivity index (χ0n) is 13.2. The predicted octanol–water partition coefficient (Wildman–Crippen LogP) is 2.62. The smallest absolute Gasteiger partial charge is 0.0952 e. The van der Waals surface area contributed by atoms with Gasteiger partial charge in [-0.3, -0.25) is 0 Å². The highest BCUT2D eigenvalue weighted by atomic mass is 16.5. The standard InChI is InChI=1S/C18H28N2O/c1-20-11-7-15(8-12-20)6-10-19-14-18-17-5-3-2-4-16(17)9-13-21-18/h2-5,15,18-19H,6-14H2,1H3. The summed E-state index contributed by atoms with van der Waals surface area (Å²) in [5.74, 6) is 0.910. The summed E-state index contributed by atoms with van der Waals surface area (Å²) in [4.78, 5) is 2.44. The maximum Gasteiger partial charge on any atom is 0.0952 e. The second-order valence-corrected chi connectivity index (χ2v) is 6.55. The molecule has 1 N–H and O–H groups in total. The minimum Gasteiger partial charge on any atom is -0.372 e. The van der Waals surface area contributed by atoms with Crippen LogP contribution in [0.2, 0.25) is 0 Å². The van der Waals surface area contributed by atoms with E-state index in [1.165, 1.54) is 43.5 Å². The molecule has 2 aliphatic heterocycles. The van der Waals surface area contributed by atoms with E-state index in [9.17, 15) is 0 Å². The van der Waals surface area contributed by atoms with Gasteiger partial charge in [-0.1, -0.05) is 24.3 Å². The molecule has 1 atom stereocenters. The van der Waals surface area contributed by atoms with E-state index >= 15 is 0 Å². The van der Waals surface area contributed by atoms with Crippen molar-refractivity contribution in [1.82, 2.24) is 10.2 Å². The van der Waals surface area contributed by atoms with Crippen LogP contribution < -0.4 is 5.32 Å². The molecule has 0 saturated carbocycles. The van der Waals surface area contributed by atoms with Crippen molar-refractivity contribution in [2.45, 2.75) is 31.8 Å².